The molecule has 0 aliphatic rings. The van der Waals surface area contributed by atoms with Gasteiger partial charge in [0.1, 0.15) is 17.5 Å². The summed E-state index contributed by atoms with van der Waals surface area (Å²) >= 11 is 13.2. The maximum Gasteiger partial charge on any atom is 0.144 e. The van der Waals surface area contributed by atoms with Gasteiger partial charge in [-0.25, -0.2) is 4.99 Å². The van der Waals surface area contributed by atoms with Crippen molar-refractivity contribution < 1.29 is 0 Å². The lowest BCUT2D eigenvalue weighted by molar-refractivity contribution is 1.04. The zero-order valence-electron chi connectivity index (χ0n) is 11.6. The van der Waals surface area contributed by atoms with E-state index in [0.29, 0.717) is 26.5 Å². The highest BCUT2D eigenvalue weighted by Crippen LogP contribution is 2.28. The van der Waals surface area contributed by atoms with Gasteiger partial charge in [0, 0.05) is 10.7 Å². The van der Waals surface area contributed by atoms with Gasteiger partial charge < -0.3 is 11.1 Å². The summed E-state index contributed by atoms with van der Waals surface area (Å²) < 4.78 is 0. The van der Waals surface area contributed by atoms with Crippen LogP contribution in [0.3, 0.4) is 0 Å². The molecule has 1 rings (SSSR count). The molecule has 0 unspecified atom stereocenters. The van der Waals surface area contributed by atoms with Crippen molar-refractivity contribution in [2.45, 2.75) is 6.92 Å². The number of hydrogen-bond acceptors (Lipinski definition) is 4. The maximum absolute atomic E-state index is 9.30. The standard InChI is InChI=1S/C14H14Cl2N4S/c1-8(2)19-14(21-3)10(7-17)13(18)20-12-5-4-9(15)6-11(12)16/h4-6,19H,1H2,2-3H3,(H2,18,20). The number of benzene rings is 1. The van der Waals surface area contributed by atoms with Gasteiger partial charge in [0.25, 0.3) is 0 Å². The van der Waals surface area contributed by atoms with Gasteiger partial charge in [-0.3, -0.25) is 0 Å². The number of allylic oxidation sites excluding steroid dienone is 1. The molecule has 0 fully saturated rings. The van der Waals surface area contributed by atoms with Crippen molar-refractivity contribution in [2.24, 2.45) is 10.7 Å². The first-order chi connectivity index (χ1) is 9.88. The second kappa shape index (κ2) is 7.99. The minimum absolute atomic E-state index is 0.0693. The molecule has 0 atom stereocenters. The van der Waals surface area contributed by atoms with Crippen LogP contribution in [0.25, 0.3) is 0 Å². The first-order valence-corrected chi connectivity index (χ1v) is 7.77. The van der Waals surface area contributed by atoms with Crippen molar-refractivity contribution in [3.8, 4) is 6.07 Å². The monoisotopic (exact) mass is 340 g/mol. The predicted octanol–water partition coefficient (Wildman–Crippen LogP) is 4.20. The van der Waals surface area contributed by atoms with Crippen LogP contribution in [-0.2, 0) is 0 Å². The van der Waals surface area contributed by atoms with E-state index in [-0.39, 0.29) is 11.4 Å². The highest BCUT2D eigenvalue weighted by molar-refractivity contribution is 8.02. The molecule has 0 saturated carbocycles. The lowest BCUT2D eigenvalue weighted by Gasteiger charge is -2.10. The van der Waals surface area contributed by atoms with E-state index in [0.717, 1.165) is 0 Å². The molecule has 0 aromatic heterocycles. The SMILES string of the molecule is C=C(C)NC(SC)=C(C#N)C(N)=Nc1ccc(Cl)cc1Cl. The van der Waals surface area contributed by atoms with E-state index in [1.54, 1.807) is 25.1 Å². The molecule has 0 saturated heterocycles. The number of hydrogen-bond donors (Lipinski definition) is 2. The molecule has 1 aromatic rings. The highest BCUT2D eigenvalue weighted by Gasteiger charge is 2.11. The van der Waals surface area contributed by atoms with E-state index in [1.165, 1.54) is 11.8 Å². The summed E-state index contributed by atoms with van der Waals surface area (Å²) in [6, 6.07) is 6.89. The normalized spacial score (nSPS) is 12.4. The molecule has 3 N–H and O–H groups in total. The Hall–Kier alpha value is -1.61. The number of aliphatic imine (C=N–C) groups is 1. The van der Waals surface area contributed by atoms with Gasteiger partial charge in [-0.1, -0.05) is 29.8 Å². The number of thioether (sulfide) groups is 1. The Morgan fingerprint density at radius 1 is 1.48 bits per heavy atom. The van der Waals surface area contributed by atoms with Gasteiger partial charge in [0.15, 0.2) is 0 Å². The van der Waals surface area contributed by atoms with Crippen molar-refractivity contribution in [1.82, 2.24) is 5.32 Å². The van der Waals surface area contributed by atoms with Gasteiger partial charge in [-0.05, 0) is 31.4 Å². The quantitative estimate of drug-likeness (QED) is 0.478. The van der Waals surface area contributed by atoms with Crippen LogP contribution in [-0.4, -0.2) is 12.1 Å². The number of amidine groups is 1. The van der Waals surface area contributed by atoms with Crippen molar-refractivity contribution in [1.29, 1.82) is 5.26 Å². The first kappa shape index (κ1) is 17.4. The highest BCUT2D eigenvalue weighted by atomic mass is 35.5. The Balaban J connectivity index is 3.27. The van der Waals surface area contributed by atoms with E-state index >= 15 is 0 Å². The van der Waals surface area contributed by atoms with E-state index < -0.39 is 0 Å². The Bertz CT molecular complexity index is 659. The Morgan fingerprint density at radius 3 is 2.62 bits per heavy atom. The Morgan fingerprint density at radius 2 is 2.14 bits per heavy atom. The maximum atomic E-state index is 9.30. The molecule has 0 amide bonds. The third-order valence-electron chi connectivity index (χ3n) is 2.28. The lowest BCUT2D eigenvalue weighted by atomic mass is 10.2. The van der Waals surface area contributed by atoms with Crippen molar-refractivity contribution in [2.75, 3.05) is 6.26 Å². The number of rotatable bonds is 5. The van der Waals surface area contributed by atoms with Crippen LogP contribution >= 0.6 is 35.0 Å². The summed E-state index contributed by atoms with van der Waals surface area (Å²) in [5, 5.41) is 13.7. The molecule has 0 aliphatic heterocycles. The molecular formula is C14H14Cl2N4S. The molecule has 0 radical (unpaired) electrons. The van der Waals surface area contributed by atoms with E-state index in [4.69, 9.17) is 28.9 Å². The van der Waals surface area contributed by atoms with Gasteiger partial charge >= 0.3 is 0 Å². The van der Waals surface area contributed by atoms with E-state index in [1.807, 2.05) is 12.3 Å². The average molecular weight is 341 g/mol. The molecule has 21 heavy (non-hydrogen) atoms. The first-order valence-electron chi connectivity index (χ1n) is 5.79. The Kier molecular flexibility index (Phi) is 6.63. The fourth-order valence-corrected chi connectivity index (χ4v) is 2.47. The number of halogens is 2. The minimum atomic E-state index is 0.0693. The summed E-state index contributed by atoms with van der Waals surface area (Å²) in [4.78, 5) is 4.19. The van der Waals surface area contributed by atoms with Gasteiger partial charge in [0.2, 0.25) is 0 Å². The number of nitrogens with one attached hydrogen (secondary N) is 1. The van der Waals surface area contributed by atoms with Gasteiger partial charge in [-0.15, -0.1) is 11.8 Å². The van der Waals surface area contributed by atoms with Crippen molar-refractivity contribution in [3.63, 3.8) is 0 Å². The fourth-order valence-electron chi connectivity index (χ4n) is 1.39. The topological polar surface area (TPSA) is 74.2 Å². The molecule has 110 valence electrons. The third kappa shape index (κ3) is 5.01. The third-order valence-corrected chi connectivity index (χ3v) is 3.53. The lowest BCUT2D eigenvalue weighted by Crippen LogP contribution is -2.20. The van der Waals surface area contributed by atoms with Crippen LogP contribution in [0.2, 0.25) is 10.0 Å². The van der Waals surface area contributed by atoms with Crippen LogP contribution in [0.15, 0.2) is 46.1 Å². The molecular weight excluding hydrogens is 327 g/mol. The summed E-state index contributed by atoms with van der Waals surface area (Å²) in [6.45, 7) is 5.53. The summed E-state index contributed by atoms with van der Waals surface area (Å²) in [7, 11) is 0. The number of nitrogens with two attached hydrogens (primary N) is 1. The molecule has 0 bridgehead atoms. The minimum Gasteiger partial charge on any atom is -0.382 e. The molecule has 0 heterocycles. The number of nitriles is 1. The largest absolute Gasteiger partial charge is 0.382 e. The van der Waals surface area contributed by atoms with Crippen molar-refractivity contribution in [3.05, 3.63) is 51.1 Å². The molecule has 0 spiro atoms. The van der Waals surface area contributed by atoms with Crippen molar-refractivity contribution >= 4 is 46.5 Å². The molecule has 7 heteroatoms. The van der Waals surface area contributed by atoms with Crippen LogP contribution in [0.1, 0.15) is 6.92 Å². The predicted molar refractivity (Wildman–Crippen MR) is 91.8 cm³/mol. The van der Waals surface area contributed by atoms with Gasteiger partial charge in [-0.2, -0.15) is 5.26 Å². The van der Waals surface area contributed by atoms with E-state index in [9.17, 15) is 5.26 Å². The van der Waals surface area contributed by atoms with Crippen LogP contribution in [0.5, 0.6) is 0 Å². The second-order valence-electron chi connectivity index (χ2n) is 4.02. The summed E-state index contributed by atoms with van der Waals surface area (Å²) in [5.41, 5.74) is 7.29. The molecule has 0 aliphatic carbocycles. The zero-order valence-corrected chi connectivity index (χ0v) is 13.9. The fraction of sp³-hybridized carbons (Fsp3) is 0.143. The number of nitrogens with zero attached hydrogens (tertiary/aromatic N) is 2. The summed E-state index contributed by atoms with van der Waals surface area (Å²) in [5.74, 6) is 0.0693. The molecule has 4 nitrogen and oxygen atoms in total. The van der Waals surface area contributed by atoms with E-state index in [2.05, 4.69) is 16.9 Å². The van der Waals surface area contributed by atoms with Crippen LogP contribution in [0.4, 0.5) is 5.69 Å². The summed E-state index contributed by atoms with van der Waals surface area (Å²) in [6.07, 6.45) is 1.82. The van der Waals surface area contributed by atoms with Crippen LogP contribution in [0, 0.1) is 11.3 Å². The smallest absolute Gasteiger partial charge is 0.144 e. The zero-order chi connectivity index (χ0) is 16.0. The Labute approximate surface area is 138 Å². The molecule has 1 aromatic carbocycles. The van der Waals surface area contributed by atoms with Gasteiger partial charge in [0.05, 0.1) is 15.7 Å². The van der Waals surface area contributed by atoms with Crippen LogP contribution < -0.4 is 11.1 Å². The average Bonchev–Trinajstić information content (AvgIpc) is 2.41. The second-order valence-corrected chi connectivity index (χ2v) is 5.68.